The van der Waals surface area contributed by atoms with Crippen LogP contribution in [0.4, 0.5) is 4.39 Å². The van der Waals surface area contributed by atoms with Crippen molar-refractivity contribution in [1.82, 2.24) is 9.47 Å². The molecule has 134 valence electrons. The van der Waals surface area contributed by atoms with Crippen molar-refractivity contribution in [2.75, 3.05) is 13.1 Å². The molecule has 1 fully saturated rings. The summed E-state index contributed by atoms with van der Waals surface area (Å²) in [6.45, 7) is 2.97. The Morgan fingerprint density at radius 3 is 2.81 bits per heavy atom. The second-order valence-electron chi connectivity index (χ2n) is 7.00. The maximum atomic E-state index is 14.2. The normalized spacial score (nSPS) is 17.2. The van der Waals surface area contributed by atoms with Crippen molar-refractivity contribution >= 4 is 28.4 Å². The number of rotatable bonds is 2. The average molecular weight is 371 g/mol. The fraction of sp³-hybridized carbons (Fsp3) is 0.286. The molecule has 1 aliphatic rings. The summed E-state index contributed by atoms with van der Waals surface area (Å²) in [5.41, 5.74) is 3.13. The molecule has 0 spiro atoms. The van der Waals surface area contributed by atoms with E-state index >= 15 is 0 Å². The number of amides is 1. The van der Waals surface area contributed by atoms with Gasteiger partial charge in [0.05, 0.1) is 10.6 Å². The molecular weight excluding hydrogens is 351 g/mol. The summed E-state index contributed by atoms with van der Waals surface area (Å²) in [6, 6.07) is 11.2. The van der Waals surface area contributed by atoms with Crippen LogP contribution < -0.4 is 0 Å². The summed E-state index contributed by atoms with van der Waals surface area (Å²) in [6.07, 6.45) is 3.01. The van der Waals surface area contributed by atoms with Crippen molar-refractivity contribution in [2.24, 2.45) is 7.05 Å². The van der Waals surface area contributed by atoms with Crippen LogP contribution in [0.1, 0.15) is 33.8 Å². The van der Waals surface area contributed by atoms with Gasteiger partial charge in [-0.2, -0.15) is 0 Å². The van der Waals surface area contributed by atoms with Crippen molar-refractivity contribution < 1.29 is 9.18 Å². The van der Waals surface area contributed by atoms with E-state index in [0.29, 0.717) is 18.7 Å². The van der Waals surface area contributed by atoms with Crippen LogP contribution in [0.25, 0.3) is 10.9 Å². The summed E-state index contributed by atoms with van der Waals surface area (Å²) >= 11 is 6.22. The van der Waals surface area contributed by atoms with Crippen LogP contribution in [0.2, 0.25) is 5.02 Å². The predicted molar refractivity (Wildman–Crippen MR) is 102 cm³/mol. The molecule has 1 amide bonds. The number of para-hydroxylation sites is 1. The lowest BCUT2D eigenvalue weighted by atomic mass is 9.98. The van der Waals surface area contributed by atoms with Gasteiger partial charge in [0, 0.05) is 43.2 Å². The molecule has 3 aromatic rings. The first kappa shape index (κ1) is 17.1. The molecule has 2 heterocycles. The van der Waals surface area contributed by atoms with Crippen LogP contribution in [0.3, 0.4) is 0 Å². The van der Waals surface area contributed by atoms with Crippen LogP contribution in [-0.4, -0.2) is 28.5 Å². The van der Waals surface area contributed by atoms with Crippen LogP contribution >= 0.6 is 11.6 Å². The number of likely N-dealkylation sites (tertiary alicyclic amines) is 1. The number of halogens is 2. The zero-order valence-corrected chi connectivity index (χ0v) is 15.6. The third-order valence-corrected chi connectivity index (χ3v) is 5.83. The number of carbonyl (C=O) groups excluding carboxylic acids is 1. The van der Waals surface area contributed by atoms with Crippen LogP contribution in [0.15, 0.2) is 42.6 Å². The molecule has 1 aliphatic heterocycles. The Morgan fingerprint density at radius 1 is 1.23 bits per heavy atom. The van der Waals surface area contributed by atoms with Crippen LogP contribution in [-0.2, 0) is 7.05 Å². The fourth-order valence-corrected chi connectivity index (χ4v) is 4.14. The maximum absolute atomic E-state index is 14.2. The zero-order valence-electron chi connectivity index (χ0n) is 14.8. The molecule has 3 nitrogen and oxygen atoms in total. The lowest BCUT2D eigenvalue weighted by Gasteiger charge is -2.18. The second-order valence-corrected chi connectivity index (χ2v) is 7.38. The van der Waals surface area contributed by atoms with E-state index in [4.69, 9.17) is 11.6 Å². The van der Waals surface area contributed by atoms with Gasteiger partial charge >= 0.3 is 0 Å². The molecule has 0 radical (unpaired) electrons. The SMILES string of the molecule is Cc1ccc(F)c(C(=O)N2CCC(c3cn(C)c4ccccc34)C2)c1Cl. The molecule has 4 rings (SSSR count). The molecule has 1 saturated heterocycles. The summed E-state index contributed by atoms with van der Waals surface area (Å²) in [5, 5.41) is 1.43. The zero-order chi connectivity index (χ0) is 18.4. The number of carbonyl (C=O) groups is 1. The Bertz CT molecular complexity index is 1010. The van der Waals surface area contributed by atoms with Gasteiger partial charge in [-0.1, -0.05) is 35.9 Å². The number of aromatic nitrogens is 1. The Hall–Kier alpha value is -2.33. The van der Waals surface area contributed by atoms with E-state index in [2.05, 4.69) is 22.9 Å². The highest BCUT2D eigenvalue weighted by Crippen LogP contribution is 2.35. The summed E-state index contributed by atoms with van der Waals surface area (Å²) in [5.74, 6) is -0.630. The Kier molecular flexibility index (Phi) is 4.23. The number of hydrogen-bond donors (Lipinski definition) is 0. The molecule has 1 aromatic heterocycles. The van der Waals surface area contributed by atoms with Crippen molar-refractivity contribution in [2.45, 2.75) is 19.3 Å². The minimum Gasteiger partial charge on any atom is -0.350 e. The highest BCUT2D eigenvalue weighted by Gasteiger charge is 2.32. The van der Waals surface area contributed by atoms with Gasteiger partial charge in [0.25, 0.3) is 5.91 Å². The highest BCUT2D eigenvalue weighted by atomic mass is 35.5. The van der Waals surface area contributed by atoms with Crippen molar-refractivity contribution in [3.8, 4) is 0 Å². The molecule has 5 heteroatoms. The van der Waals surface area contributed by atoms with Crippen molar-refractivity contribution in [3.63, 3.8) is 0 Å². The van der Waals surface area contributed by atoms with Gasteiger partial charge in [-0.3, -0.25) is 4.79 Å². The number of aryl methyl sites for hydroxylation is 2. The summed E-state index contributed by atoms with van der Waals surface area (Å²) < 4.78 is 16.3. The second kappa shape index (κ2) is 6.44. The van der Waals surface area contributed by atoms with Gasteiger partial charge in [-0.15, -0.1) is 0 Å². The summed E-state index contributed by atoms with van der Waals surface area (Å²) in [7, 11) is 2.03. The van der Waals surface area contributed by atoms with Gasteiger partial charge in [0.2, 0.25) is 0 Å². The number of nitrogens with zero attached hydrogens (tertiary/aromatic N) is 2. The molecular formula is C21H20ClFN2O. The molecule has 2 aromatic carbocycles. The molecule has 0 aliphatic carbocycles. The van der Waals surface area contributed by atoms with E-state index in [9.17, 15) is 9.18 Å². The van der Waals surface area contributed by atoms with Gasteiger partial charge in [-0.05, 0) is 36.6 Å². The van der Waals surface area contributed by atoms with Crippen LogP contribution in [0.5, 0.6) is 0 Å². The summed E-state index contributed by atoms with van der Waals surface area (Å²) in [4.78, 5) is 14.6. The van der Waals surface area contributed by atoms with Crippen LogP contribution in [0, 0.1) is 12.7 Å². The minimum absolute atomic E-state index is 0.00904. The van der Waals surface area contributed by atoms with Gasteiger partial charge < -0.3 is 9.47 Å². The van der Waals surface area contributed by atoms with Crippen molar-refractivity contribution in [1.29, 1.82) is 0 Å². The first-order valence-electron chi connectivity index (χ1n) is 8.75. The largest absolute Gasteiger partial charge is 0.350 e. The van der Waals surface area contributed by atoms with E-state index in [-0.39, 0.29) is 22.4 Å². The molecule has 26 heavy (non-hydrogen) atoms. The lowest BCUT2D eigenvalue weighted by molar-refractivity contribution is 0.0786. The third kappa shape index (κ3) is 2.69. The van der Waals surface area contributed by atoms with E-state index in [1.807, 2.05) is 19.2 Å². The Labute approximate surface area is 157 Å². The molecule has 0 saturated carbocycles. The molecule has 1 atom stereocenters. The molecule has 0 bridgehead atoms. The first-order chi connectivity index (χ1) is 12.5. The lowest BCUT2D eigenvalue weighted by Crippen LogP contribution is -2.29. The number of fused-ring (bicyclic) bond motifs is 1. The van der Waals surface area contributed by atoms with E-state index < -0.39 is 5.82 Å². The third-order valence-electron chi connectivity index (χ3n) is 5.34. The standard InChI is InChI=1S/C21H20ClFN2O/c1-13-7-8-17(23)19(20(13)22)21(26)25-10-9-14(11-25)16-12-24(2)18-6-4-3-5-15(16)18/h3-8,12,14H,9-11H2,1-2H3. The minimum atomic E-state index is -0.556. The monoisotopic (exact) mass is 370 g/mol. The van der Waals surface area contributed by atoms with E-state index in [0.717, 1.165) is 6.42 Å². The average Bonchev–Trinajstić information content (AvgIpc) is 3.24. The quantitative estimate of drug-likeness (QED) is 0.629. The highest BCUT2D eigenvalue weighted by molar-refractivity contribution is 6.34. The predicted octanol–water partition coefficient (Wildman–Crippen LogP) is 4.91. The number of hydrogen-bond acceptors (Lipinski definition) is 1. The molecule has 1 unspecified atom stereocenters. The first-order valence-corrected chi connectivity index (χ1v) is 9.13. The smallest absolute Gasteiger partial charge is 0.258 e. The van der Waals surface area contributed by atoms with E-state index in [1.165, 1.54) is 22.5 Å². The van der Waals surface area contributed by atoms with Gasteiger partial charge in [0.15, 0.2) is 0 Å². The number of benzene rings is 2. The van der Waals surface area contributed by atoms with Crippen molar-refractivity contribution in [3.05, 3.63) is 70.1 Å². The van der Waals surface area contributed by atoms with Gasteiger partial charge in [0.1, 0.15) is 5.82 Å². The molecule has 0 N–H and O–H groups in total. The van der Waals surface area contributed by atoms with E-state index in [1.54, 1.807) is 17.9 Å². The van der Waals surface area contributed by atoms with Gasteiger partial charge in [-0.25, -0.2) is 4.39 Å². The maximum Gasteiger partial charge on any atom is 0.258 e. The Morgan fingerprint density at radius 2 is 2.00 bits per heavy atom. The fourth-order valence-electron chi connectivity index (χ4n) is 3.91. The topological polar surface area (TPSA) is 25.2 Å². The Balaban J connectivity index is 1.63.